The van der Waals surface area contributed by atoms with E-state index in [0.717, 1.165) is 50.4 Å². The fourth-order valence-corrected chi connectivity index (χ4v) is 5.85. The molecular formula is C32H38O7S. The molecule has 0 aliphatic carbocycles. The van der Waals surface area contributed by atoms with E-state index in [1.807, 2.05) is 30.3 Å². The molecule has 7 nitrogen and oxygen atoms in total. The van der Waals surface area contributed by atoms with Crippen LogP contribution in [-0.2, 0) is 26.0 Å². The summed E-state index contributed by atoms with van der Waals surface area (Å²) in [6.07, 6.45) is 2.00. The minimum atomic E-state index is -3.01. The number of esters is 1. The molecule has 0 fully saturated rings. The van der Waals surface area contributed by atoms with Gasteiger partial charge in [0.15, 0.2) is 0 Å². The first-order valence-electron chi connectivity index (χ1n) is 13.4. The van der Waals surface area contributed by atoms with Crippen molar-refractivity contribution in [3.05, 3.63) is 75.8 Å². The number of carbonyl (C=O) groups excluding carboxylic acids is 1. The van der Waals surface area contributed by atoms with E-state index >= 15 is 0 Å². The predicted octanol–water partition coefficient (Wildman–Crippen LogP) is 6.02. The minimum Gasteiger partial charge on any atom is -0.493 e. The zero-order chi connectivity index (χ0) is 29.0. The molecule has 0 bridgehead atoms. The molecule has 1 atom stereocenters. The van der Waals surface area contributed by atoms with Gasteiger partial charge >= 0.3 is 5.97 Å². The SMILES string of the molecule is COC(=O)CC1COc2cc(OCc3cccc(-c4c(C)c(C)c(OCCCS(C)(=O)=O)c(C)c4C)c3)ccc21. The molecule has 0 amide bonds. The van der Waals surface area contributed by atoms with Crippen LogP contribution < -0.4 is 14.2 Å². The maximum atomic E-state index is 11.7. The van der Waals surface area contributed by atoms with Crippen LogP contribution in [0.5, 0.6) is 17.2 Å². The van der Waals surface area contributed by atoms with Crippen molar-refractivity contribution in [2.45, 2.75) is 53.1 Å². The van der Waals surface area contributed by atoms with E-state index in [0.29, 0.717) is 38.4 Å². The Bertz CT molecular complexity index is 1480. The Morgan fingerprint density at radius 3 is 2.38 bits per heavy atom. The quantitative estimate of drug-likeness (QED) is 0.207. The van der Waals surface area contributed by atoms with E-state index in [4.69, 9.17) is 18.9 Å². The molecule has 3 aromatic rings. The Kier molecular flexibility index (Phi) is 9.08. The van der Waals surface area contributed by atoms with Crippen LogP contribution in [0.3, 0.4) is 0 Å². The molecule has 1 unspecified atom stereocenters. The molecule has 1 heterocycles. The summed E-state index contributed by atoms with van der Waals surface area (Å²) in [7, 11) is -1.61. The third-order valence-electron chi connectivity index (χ3n) is 7.59. The van der Waals surface area contributed by atoms with E-state index in [9.17, 15) is 13.2 Å². The predicted molar refractivity (Wildman–Crippen MR) is 156 cm³/mol. The van der Waals surface area contributed by atoms with Gasteiger partial charge in [0.05, 0.1) is 32.5 Å². The van der Waals surface area contributed by atoms with Crippen LogP contribution in [0.4, 0.5) is 0 Å². The fourth-order valence-electron chi connectivity index (χ4n) is 5.21. The second-order valence-corrected chi connectivity index (χ2v) is 12.8. The molecule has 0 saturated carbocycles. The molecule has 8 heteroatoms. The summed E-state index contributed by atoms with van der Waals surface area (Å²) in [4.78, 5) is 11.7. The highest BCUT2D eigenvalue weighted by Crippen LogP contribution is 2.40. The van der Waals surface area contributed by atoms with Gasteiger partial charge < -0.3 is 18.9 Å². The second kappa shape index (κ2) is 12.3. The Morgan fingerprint density at radius 2 is 1.70 bits per heavy atom. The molecule has 3 aromatic carbocycles. The number of sulfone groups is 1. The Hall–Kier alpha value is -3.52. The van der Waals surface area contributed by atoms with E-state index in [2.05, 4.69) is 39.8 Å². The van der Waals surface area contributed by atoms with E-state index in [1.165, 1.54) is 18.9 Å². The lowest BCUT2D eigenvalue weighted by Crippen LogP contribution is -2.10. The van der Waals surface area contributed by atoms with E-state index in [-0.39, 0.29) is 17.6 Å². The normalized spacial score (nSPS) is 14.4. The molecule has 0 aromatic heterocycles. The molecule has 0 saturated heterocycles. The van der Waals surface area contributed by atoms with Crippen molar-refractivity contribution in [3.8, 4) is 28.4 Å². The van der Waals surface area contributed by atoms with Crippen LogP contribution in [-0.4, -0.2) is 46.7 Å². The molecular weight excluding hydrogens is 528 g/mol. The second-order valence-electron chi connectivity index (χ2n) is 10.5. The molecule has 0 N–H and O–H groups in total. The third-order valence-corrected chi connectivity index (χ3v) is 8.62. The number of carbonyl (C=O) groups is 1. The van der Waals surface area contributed by atoms with Crippen molar-refractivity contribution in [1.82, 2.24) is 0 Å². The zero-order valence-electron chi connectivity index (χ0n) is 24.1. The highest BCUT2D eigenvalue weighted by Gasteiger charge is 2.27. The summed E-state index contributed by atoms with van der Waals surface area (Å²) in [5.41, 5.74) is 8.70. The Morgan fingerprint density at radius 1 is 0.975 bits per heavy atom. The first-order chi connectivity index (χ1) is 19.0. The summed E-state index contributed by atoms with van der Waals surface area (Å²) in [5, 5.41) is 0. The van der Waals surface area contributed by atoms with Gasteiger partial charge in [0.25, 0.3) is 0 Å². The number of hydrogen-bond donors (Lipinski definition) is 0. The van der Waals surface area contributed by atoms with Gasteiger partial charge in [0.1, 0.15) is 33.7 Å². The highest BCUT2D eigenvalue weighted by atomic mass is 32.2. The van der Waals surface area contributed by atoms with Crippen molar-refractivity contribution < 1.29 is 32.2 Å². The molecule has 0 spiro atoms. The van der Waals surface area contributed by atoms with Crippen molar-refractivity contribution >= 4 is 15.8 Å². The Labute approximate surface area is 237 Å². The lowest BCUT2D eigenvalue weighted by molar-refractivity contribution is -0.141. The van der Waals surface area contributed by atoms with Gasteiger partial charge in [-0.05, 0) is 85.2 Å². The zero-order valence-corrected chi connectivity index (χ0v) is 24.9. The molecule has 0 radical (unpaired) electrons. The van der Waals surface area contributed by atoms with E-state index < -0.39 is 9.84 Å². The number of ether oxygens (including phenoxy) is 4. The molecule has 4 rings (SSSR count). The maximum Gasteiger partial charge on any atom is 0.306 e. The van der Waals surface area contributed by atoms with Crippen LogP contribution in [0, 0.1) is 27.7 Å². The molecule has 1 aliphatic heterocycles. The summed E-state index contributed by atoms with van der Waals surface area (Å²) in [6.45, 7) is 9.52. The van der Waals surface area contributed by atoms with Crippen molar-refractivity contribution in [3.63, 3.8) is 0 Å². The van der Waals surface area contributed by atoms with Gasteiger partial charge in [-0.25, -0.2) is 8.42 Å². The number of rotatable bonds is 11. The van der Waals surface area contributed by atoms with Crippen LogP contribution in [0.1, 0.15) is 52.1 Å². The van der Waals surface area contributed by atoms with Gasteiger partial charge in [0, 0.05) is 23.8 Å². The van der Waals surface area contributed by atoms with Crippen molar-refractivity contribution in [2.75, 3.05) is 32.3 Å². The smallest absolute Gasteiger partial charge is 0.306 e. The van der Waals surface area contributed by atoms with Gasteiger partial charge in [-0.15, -0.1) is 0 Å². The van der Waals surface area contributed by atoms with Gasteiger partial charge in [-0.1, -0.05) is 24.3 Å². The summed E-state index contributed by atoms with van der Waals surface area (Å²) >= 11 is 0. The van der Waals surface area contributed by atoms with Crippen LogP contribution >= 0.6 is 0 Å². The number of benzene rings is 3. The van der Waals surface area contributed by atoms with E-state index in [1.54, 1.807) is 0 Å². The summed E-state index contributed by atoms with van der Waals surface area (Å²) < 4.78 is 45.7. The summed E-state index contributed by atoms with van der Waals surface area (Å²) in [5.74, 6) is 2.15. The largest absolute Gasteiger partial charge is 0.493 e. The first-order valence-corrected chi connectivity index (χ1v) is 15.5. The van der Waals surface area contributed by atoms with Crippen molar-refractivity contribution in [2.24, 2.45) is 0 Å². The van der Waals surface area contributed by atoms with Gasteiger partial charge in [-0.2, -0.15) is 0 Å². The average Bonchev–Trinajstić information content (AvgIpc) is 3.31. The fraction of sp³-hybridized carbons (Fsp3) is 0.406. The third kappa shape index (κ3) is 6.78. The average molecular weight is 567 g/mol. The lowest BCUT2D eigenvalue weighted by Gasteiger charge is -2.21. The Balaban J connectivity index is 1.48. The molecule has 1 aliphatic rings. The van der Waals surface area contributed by atoms with Crippen LogP contribution in [0.25, 0.3) is 11.1 Å². The molecule has 40 heavy (non-hydrogen) atoms. The number of hydrogen-bond acceptors (Lipinski definition) is 7. The monoisotopic (exact) mass is 566 g/mol. The lowest BCUT2D eigenvalue weighted by atomic mass is 9.88. The number of fused-ring (bicyclic) bond motifs is 1. The topological polar surface area (TPSA) is 88.1 Å². The van der Waals surface area contributed by atoms with Gasteiger partial charge in [-0.3, -0.25) is 4.79 Å². The summed E-state index contributed by atoms with van der Waals surface area (Å²) in [6, 6.07) is 14.1. The van der Waals surface area contributed by atoms with Crippen molar-refractivity contribution in [1.29, 1.82) is 0 Å². The molecule has 214 valence electrons. The van der Waals surface area contributed by atoms with Gasteiger partial charge in [0.2, 0.25) is 0 Å². The van der Waals surface area contributed by atoms with Crippen LogP contribution in [0.15, 0.2) is 42.5 Å². The maximum absolute atomic E-state index is 11.7. The van der Waals surface area contributed by atoms with Crippen LogP contribution in [0.2, 0.25) is 0 Å². The highest BCUT2D eigenvalue weighted by molar-refractivity contribution is 7.90. The first kappa shape index (κ1) is 29.5. The standard InChI is InChI=1S/C32H38O7S/c1-20-22(3)32(37-13-8-14-40(6,34)35)23(4)21(2)31(20)25-10-7-9-24(15-25)18-38-27-11-12-28-26(16-30(33)36-5)19-39-29(28)17-27/h7,9-12,15,17,26H,8,13-14,16,18-19H2,1-6H3. The minimum absolute atomic E-state index is 0.00384. The number of methoxy groups -OCH3 is 1.